The minimum Gasteiger partial charge on any atom is -0.490 e. The van der Waals surface area contributed by atoms with E-state index in [2.05, 4.69) is 10.3 Å². The van der Waals surface area contributed by atoms with E-state index in [0.29, 0.717) is 24.7 Å². The molecular formula is C20H26N2O3S. The molecule has 6 heteroatoms. The topological polar surface area (TPSA) is 60.5 Å². The molecule has 0 aliphatic heterocycles. The van der Waals surface area contributed by atoms with Crippen LogP contribution >= 0.6 is 11.8 Å². The molecule has 1 atom stereocenters. The number of pyridine rings is 1. The van der Waals surface area contributed by atoms with Crippen molar-refractivity contribution in [2.45, 2.75) is 32.6 Å². The van der Waals surface area contributed by atoms with Gasteiger partial charge in [-0.3, -0.25) is 9.78 Å². The molecule has 1 aromatic carbocycles. The van der Waals surface area contributed by atoms with Crippen LogP contribution in [0.15, 0.2) is 42.6 Å². The quantitative estimate of drug-likeness (QED) is 0.681. The third-order valence-corrected chi connectivity index (χ3v) is 4.62. The van der Waals surface area contributed by atoms with Crippen LogP contribution in [0.1, 0.15) is 38.1 Å². The van der Waals surface area contributed by atoms with E-state index in [9.17, 15) is 4.79 Å². The smallest absolute Gasteiger partial charge is 0.230 e. The van der Waals surface area contributed by atoms with Gasteiger partial charge in [0.05, 0.1) is 30.7 Å². The number of benzene rings is 1. The Bertz CT molecular complexity index is 695. The van der Waals surface area contributed by atoms with Crippen LogP contribution in [0.4, 0.5) is 0 Å². The number of hydrogen-bond acceptors (Lipinski definition) is 5. The summed E-state index contributed by atoms with van der Waals surface area (Å²) in [6.07, 6.45) is 1.76. The second-order valence-corrected chi connectivity index (χ2v) is 6.66. The van der Waals surface area contributed by atoms with Gasteiger partial charge in [-0.05, 0) is 50.6 Å². The van der Waals surface area contributed by atoms with Crippen LogP contribution in [0.25, 0.3) is 0 Å². The highest BCUT2D eigenvalue weighted by molar-refractivity contribution is 7.99. The Morgan fingerprint density at radius 3 is 2.62 bits per heavy atom. The molecular weight excluding hydrogens is 348 g/mol. The molecule has 1 unspecified atom stereocenters. The molecule has 1 aromatic heterocycles. The van der Waals surface area contributed by atoms with Crippen molar-refractivity contribution in [3.8, 4) is 11.5 Å². The summed E-state index contributed by atoms with van der Waals surface area (Å²) in [5, 5.41) is 3.03. The molecule has 0 spiro atoms. The minimum atomic E-state index is -0.104. The summed E-state index contributed by atoms with van der Waals surface area (Å²) < 4.78 is 11.2. The van der Waals surface area contributed by atoms with E-state index in [-0.39, 0.29) is 11.9 Å². The van der Waals surface area contributed by atoms with Crippen molar-refractivity contribution < 1.29 is 14.3 Å². The average molecular weight is 375 g/mol. The SMILES string of the molecule is CCOc1ccc(C(C)NC(=O)CSCc2ccccn2)cc1OCC. The van der Waals surface area contributed by atoms with E-state index in [4.69, 9.17) is 9.47 Å². The number of amides is 1. The predicted molar refractivity (Wildman–Crippen MR) is 106 cm³/mol. The van der Waals surface area contributed by atoms with Crippen LogP contribution in [-0.2, 0) is 10.5 Å². The average Bonchev–Trinajstić information content (AvgIpc) is 2.64. The number of rotatable bonds is 10. The van der Waals surface area contributed by atoms with E-state index < -0.39 is 0 Å². The lowest BCUT2D eigenvalue weighted by Crippen LogP contribution is -2.28. The predicted octanol–water partition coefficient (Wildman–Crippen LogP) is 3.99. The number of thioether (sulfide) groups is 1. The van der Waals surface area contributed by atoms with E-state index in [1.54, 1.807) is 18.0 Å². The number of carbonyl (C=O) groups excluding carboxylic acids is 1. The van der Waals surface area contributed by atoms with Crippen molar-refractivity contribution in [1.82, 2.24) is 10.3 Å². The second-order valence-electron chi connectivity index (χ2n) is 5.68. The number of nitrogens with zero attached hydrogens (tertiary/aromatic N) is 1. The molecule has 0 bridgehead atoms. The molecule has 0 saturated carbocycles. The van der Waals surface area contributed by atoms with E-state index >= 15 is 0 Å². The van der Waals surface area contributed by atoms with Gasteiger partial charge in [-0.1, -0.05) is 12.1 Å². The molecule has 2 rings (SSSR count). The molecule has 1 heterocycles. The number of hydrogen-bond donors (Lipinski definition) is 1. The monoisotopic (exact) mass is 374 g/mol. The fourth-order valence-corrected chi connectivity index (χ4v) is 3.19. The largest absolute Gasteiger partial charge is 0.490 e. The number of carbonyl (C=O) groups is 1. The number of nitrogens with one attached hydrogen (secondary N) is 1. The summed E-state index contributed by atoms with van der Waals surface area (Å²) in [6.45, 7) is 6.99. The van der Waals surface area contributed by atoms with Crippen molar-refractivity contribution in [2.24, 2.45) is 0 Å². The molecule has 140 valence electrons. The number of ether oxygens (including phenoxy) is 2. The molecule has 26 heavy (non-hydrogen) atoms. The molecule has 0 aliphatic rings. The normalized spacial score (nSPS) is 11.7. The first-order valence-corrected chi connectivity index (χ1v) is 9.96. The van der Waals surface area contributed by atoms with Crippen molar-refractivity contribution in [3.05, 3.63) is 53.9 Å². The first-order chi connectivity index (χ1) is 12.6. The Morgan fingerprint density at radius 1 is 1.15 bits per heavy atom. The van der Waals surface area contributed by atoms with Crippen LogP contribution in [-0.4, -0.2) is 29.9 Å². The summed E-state index contributed by atoms with van der Waals surface area (Å²) >= 11 is 1.55. The zero-order chi connectivity index (χ0) is 18.8. The molecule has 0 saturated heterocycles. The van der Waals surface area contributed by atoms with Crippen LogP contribution in [0.3, 0.4) is 0 Å². The van der Waals surface area contributed by atoms with E-state index in [1.807, 2.05) is 57.2 Å². The van der Waals surface area contributed by atoms with Gasteiger partial charge in [-0.15, -0.1) is 11.8 Å². The Labute approximate surface area is 159 Å². The Kier molecular flexibility index (Phi) is 8.28. The van der Waals surface area contributed by atoms with Gasteiger partial charge in [-0.2, -0.15) is 0 Å². The fraction of sp³-hybridized carbons (Fsp3) is 0.400. The van der Waals surface area contributed by atoms with Gasteiger partial charge in [0.25, 0.3) is 0 Å². The highest BCUT2D eigenvalue weighted by atomic mass is 32.2. The molecule has 2 aromatic rings. The van der Waals surface area contributed by atoms with Gasteiger partial charge in [0, 0.05) is 11.9 Å². The van der Waals surface area contributed by atoms with Crippen molar-refractivity contribution in [3.63, 3.8) is 0 Å². The maximum atomic E-state index is 12.2. The third-order valence-electron chi connectivity index (χ3n) is 3.65. The van der Waals surface area contributed by atoms with Gasteiger partial charge in [0.1, 0.15) is 0 Å². The summed E-state index contributed by atoms with van der Waals surface area (Å²) in [7, 11) is 0. The van der Waals surface area contributed by atoms with Crippen molar-refractivity contribution >= 4 is 17.7 Å². The highest BCUT2D eigenvalue weighted by Crippen LogP contribution is 2.30. The van der Waals surface area contributed by atoms with Crippen molar-refractivity contribution in [1.29, 1.82) is 0 Å². The zero-order valence-electron chi connectivity index (χ0n) is 15.5. The van der Waals surface area contributed by atoms with E-state index in [0.717, 1.165) is 22.8 Å². The number of aromatic nitrogens is 1. The van der Waals surface area contributed by atoms with Gasteiger partial charge in [0.15, 0.2) is 11.5 Å². The van der Waals surface area contributed by atoms with Crippen LogP contribution < -0.4 is 14.8 Å². The molecule has 1 amide bonds. The Balaban J connectivity index is 1.88. The van der Waals surface area contributed by atoms with Crippen LogP contribution in [0.2, 0.25) is 0 Å². The summed E-state index contributed by atoms with van der Waals surface area (Å²) in [6, 6.07) is 11.5. The molecule has 0 radical (unpaired) electrons. The van der Waals surface area contributed by atoms with Crippen molar-refractivity contribution in [2.75, 3.05) is 19.0 Å². The first-order valence-electron chi connectivity index (χ1n) is 8.80. The van der Waals surface area contributed by atoms with Gasteiger partial charge < -0.3 is 14.8 Å². The van der Waals surface area contributed by atoms with Crippen LogP contribution in [0, 0.1) is 0 Å². The third kappa shape index (κ3) is 6.26. The Hall–Kier alpha value is -2.21. The summed E-state index contributed by atoms with van der Waals surface area (Å²) in [4.78, 5) is 16.4. The molecule has 5 nitrogen and oxygen atoms in total. The fourth-order valence-electron chi connectivity index (χ4n) is 2.44. The van der Waals surface area contributed by atoms with Gasteiger partial charge >= 0.3 is 0 Å². The Morgan fingerprint density at radius 2 is 1.92 bits per heavy atom. The highest BCUT2D eigenvalue weighted by Gasteiger charge is 2.13. The standard InChI is InChI=1S/C20H26N2O3S/c1-4-24-18-10-9-16(12-19(18)25-5-2)15(3)22-20(23)14-26-13-17-8-6-7-11-21-17/h6-12,15H,4-5,13-14H2,1-3H3,(H,22,23). The first kappa shape index (κ1) is 20.1. The lowest BCUT2D eigenvalue weighted by atomic mass is 10.1. The molecule has 0 fully saturated rings. The summed E-state index contributed by atoms with van der Waals surface area (Å²) in [5.74, 6) is 2.56. The molecule has 0 aliphatic carbocycles. The van der Waals surface area contributed by atoms with E-state index in [1.165, 1.54) is 0 Å². The summed E-state index contributed by atoms with van der Waals surface area (Å²) in [5.41, 5.74) is 1.96. The lowest BCUT2D eigenvalue weighted by Gasteiger charge is -2.17. The van der Waals surface area contributed by atoms with Crippen LogP contribution in [0.5, 0.6) is 11.5 Å². The maximum Gasteiger partial charge on any atom is 0.230 e. The minimum absolute atomic E-state index is 0.00488. The van der Waals surface area contributed by atoms with Gasteiger partial charge in [0.2, 0.25) is 5.91 Å². The lowest BCUT2D eigenvalue weighted by molar-refractivity contribution is -0.119. The second kappa shape index (κ2) is 10.7. The maximum absolute atomic E-state index is 12.2. The van der Waals surface area contributed by atoms with Gasteiger partial charge in [-0.25, -0.2) is 0 Å². The molecule has 1 N–H and O–H groups in total. The zero-order valence-corrected chi connectivity index (χ0v) is 16.3.